The summed E-state index contributed by atoms with van der Waals surface area (Å²) < 4.78 is 1.27. The fraction of sp³-hybridized carbons (Fsp3) is 0.533. The Balaban J connectivity index is 2.29. The average molecular weight is 354 g/mol. The molecule has 1 aromatic carbocycles. The summed E-state index contributed by atoms with van der Waals surface area (Å²) >= 11 is 2.38. The van der Waals surface area contributed by atoms with Crippen molar-refractivity contribution in [1.82, 2.24) is 4.90 Å². The quantitative estimate of drug-likeness (QED) is 0.721. The van der Waals surface area contributed by atoms with Crippen LogP contribution in [0.15, 0.2) is 24.3 Å². The van der Waals surface area contributed by atoms with Gasteiger partial charge in [-0.3, -0.25) is 4.90 Å². The zero-order valence-electron chi connectivity index (χ0n) is 11.2. The largest absolute Gasteiger partial charge is 0.297 e. The second-order valence-electron chi connectivity index (χ2n) is 5.94. The molecule has 1 fully saturated rings. The molecule has 0 radical (unpaired) electrons. The molecule has 2 atom stereocenters. The molecule has 1 aliphatic rings. The normalized spacial score (nSPS) is 25.1. The highest BCUT2D eigenvalue weighted by Gasteiger charge is 2.38. The zero-order chi connectivity index (χ0) is 13.3. The van der Waals surface area contributed by atoms with Gasteiger partial charge in [0.2, 0.25) is 0 Å². The molecule has 0 spiro atoms. The number of benzene rings is 1. The maximum absolute atomic E-state index is 9.39. The van der Waals surface area contributed by atoms with Gasteiger partial charge in [0.1, 0.15) is 0 Å². The van der Waals surface area contributed by atoms with Crippen LogP contribution in [-0.4, -0.2) is 23.5 Å². The zero-order valence-corrected chi connectivity index (χ0v) is 13.3. The molecule has 1 aliphatic heterocycles. The van der Waals surface area contributed by atoms with E-state index in [1.54, 1.807) is 0 Å². The van der Waals surface area contributed by atoms with Gasteiger partial charge in [-0.25, -0.2) is 0 Å². The Kier molecular flexibility index (Phi) is 3.98. The second kappa shape index (κ2) is 5.18. The molecule has 0 N–H and O–H groups in total. The van der Waals surface area contributed by atoms with Crippen molar-refractivity contribution in [3.8, 4) is 6.07 Å². The third-order valence-corrected chi connectivity index (χ3v) is 4.72. The van der Waals surface area contributed by atoms with Crippen LogP contribution in [0.3, 0.4) is 0 Å². The lowest BCUT2D eigenvalue weighted by Gasteiger charge is -2.31. The summed E-state index contributed by atoms with van der Waals surface area (Å²) in [7, 11) is 0. The third kappa shape index (κ3) is 2.70. The van der Waals surface area contributed by atoms with Crippen molar-refractivity contribution in [2.45, 2.75) is 32.2 Å². The minimum absolute atomic E-state index is 0.111. The lowest BCUT2D eigenvalue weighted by molar-refractivity contribution is 0.170. The van der Waals surface area contributed by atoms with Crippen LogP contribution >= 0.6 is 22.6 Å². The van der Waals surface area contributed by atoms with Crippen LogP contribution in [0.25, 0.3) is 0 Å². The SMILES string of the molecule is CC(C)(C)N1C[C@H](c2ccccc2I)[C@@H](C#N)C1. The highest BCUT2D eigenvalue weighted by Crippen LogP contribution is 2.37. The van der Waals surface area contributed by atoms with Crippen molar-refractivity contribution in [3.63, 3.8) is 0 Å². The van der Waals surface area contributed by atoms with Crippen LogP contribution in [0.4, 0.5) is 0 Å². The summed E-state index contributed by atoms with van der Waals surface area (Å²) in [6.07, 6.45) is 0. The smallest absolute Gasteiger partial charge is 0.0676 e. The summed E-state index contributed by atoms with van der Waals surface area (Å²) in [5, 5.41) is 9.39. The molecule has 0 aromatic heterocycles. The topological polar surface area (TPSA) is 27.0 Å². The van der Waals surface area contributed by atoms with Gasteiger partial charge in [0.05, 0.1) is 12.0 Å². The van der Waals surface area contributed by atoms with Crippen molar-refractivity contribution in [3.05, 3.63) is 33.4 Å². The molecule has 3 heteroatoms. The molecule has 0 amide bonds. The van der Waals surface area contributed by atoms with Crippen molar-refractivity contribution in [2.24, 2.45) is 5.92 Å². The van der Waals surface area contributed by atoms with Crippen LogP contribution in [0.1, 0.15) is 32.3 Å². The molecule has 96 valence electrons. The molecule has 1 aromatic rings. The van der Waals surface area contributed by atoms with Gasteiger partial charge in [0.15, 0.2) is 0 Å². The molecule has 0 saturated carbocycles. The van der Waals surface area contributed by atoms with Crippen LogP contribution < -0.4 is 0 Å². The Bertz CT molecular complexity index is 470. The van der Waals surface area contributed by atoms with Crippen molar-refractivity contribution < 1.29 is 0 Å². The Morgan fingerprint density at radius 3 is 2.50 bits per heavy atom. The number of nitriles is 1. The number of rotatable bonds is 1. The number of halogens is 1. The monoisotopic (exact) mass is 354 g/mol. The van der Waals surface area contributed by atoms with Crippen LogP contribution in [0.5, 0.6) is 0 Å². The fourth-order valence-corrected chi connectivity index (χ4v) is 3.36. The molecule has 1 saturated heterocycles. The second-order valence-corrected chi connectivity index (χ2v) is 7.10. The predicted octanol–water partition coefficient (Wildman–Crippen LogP) is 3.63. The molecular formula is C15H19IN2. The van der Waals surface area contributed by atoms with E-state index in [4.69, 9.17) is 0 Å². The van der Waals surface area contributed by atoms with Crippen molar-refractivity contribution >= 4 is 22.6 Å². The van der Waals surface area contributed by atoms with E-state index in [0.29, 0.717) is 5.92 Å². The van der Waals surface area contributed by atoms with Crippen LogP contribution in [0.2, 0.25) is 0 Å². The van der Waals surface area contributed by atoms with E-state index in [-0.39, 0.29) is 11.5 Å². The summed E-state index contributed by atoms with van der Waals surface area (Å²) in [4.78, 5) is 2.43. The van der Waals surface area contributed by atoms with Gasteiger partial charge in [-0.2, -0.15) is 5.26 Å². The van der Waals surface area contributed by atoms with Crippen LogP contribution in [-0.2, 0) is 0 Å². The lowest BCUT2D eigenvalue weighted by Crippen LogP contribution is -2.39. The van der Waals surface area contributed by atoms with E-state index in [1.807, 2.05) is 0 Å². The Morgan fingerprint density at radius 2 is 1.94 bits per heavy atom. The summed E-state index contributed by atoms with van der Waals surface area (Å²) in [6.45, 7) is 8.54. The predicted molar refractivity (Wildman–Crippen MR) is 82.3 cm³/mol. The van der Waals surface area contributed by atoms with Gasteiger partial charge < -0.3 is 0 Å². The maximum Gasteiger partial charge on any atom is 0.0676 e. The summed E-state index contributed by atoms with van der Waals surface area (Å²) in [6, 6.07) is 10.9. The molecule has 1 heterocycles. The first-order chi connectivity index (χ1) is 8.43. The van der Waals surface area contributed by atoms with Crippen molar-refractivity contribution in [2.75, 3.05) is 13.1 Å². The van der Waals surface area contributed by atoms with E-state index < -0.39 is 0 Å². The third-order valence-electron chi connectivity index (χ3n) is 3.74. The average Bonchev–Trinajstić information content (AvgIpc) is 2.73. The number of likely N-dealkylation sites (tertiary alicyclic amines) is 1. The maximum atomic E-state index is 9.39. The highest BCUT2D eigenvalue weighted by molar-refractivity contribution is 14.1. The van der Waals surface area contributed by atoms with Gasteiger partial charge >= 0.3 is 0 Å². The lowest BCUT2D eigenvalue weighted by atomic mass is 9.90. The molecule has 0 unspecified atom stereocenters. The molecule has 0 bridgehead atoms. The Hall–Kier alpha value is -0.600. The van der Waals surface area contributed by atoms with Gasteiger partial charge in [0, 0.05) is 28.1 Å². The van der Waals surface area contributed by atoms with Gasteiger partial charge in [-0.15, -0.1) is 0 Å². The number of hydrogen-bond donors (Lipinski definition) is 0. The first-order valence-corrected chi connectivity index (χ1v) is 7.40. The fourth-order valence-electron chi connectivity index (χ4n) is 2.57. The summed E-state index contributed by atoms with van der Waals surface area (Å²) in [5.41, 5.74) is 1.47. The molecule has 2 rings (SSSR count). The summed E-state index contributed by atoms with van der Waals surface area (Å²) in [5.74, 6) is 0.461. The standard InChI is InChI=1S/C15H19IN2/c1-15(2,3)18-9-11(8-17)13(10-18)12-6-4-5-7-14(12)16/h4-7,11,13H,9-10H2,1-3H3/t11-,13-/m0/s1. The molecule has 0 aliphatic carbocycles. The van der Waals surface area contributed by atoms with E-state index in [9.17, 15) is 5.26 Å². The van der Waals surface area contributed by atoms with Crippen LogP contribution in [0, 0.1) is 20.8 Å². The highest BCUT2D eigenvalue weighted by atomic mass is 127. The number of nitrogens with zero attached hydrogens (tertiary/aromatic N) is 2. The van der Waals surface area contributed by atoms with Gasteiger partial charge in [-0.05, 0) is 55.0 Å². The Morgan fingerprint density at radius 1 is 1.28 bits per heavy atom. The van der Waals surface area contributed by atoms with Gasteiger partial charge in [0.25, 0.3) is 0 Å². The first-order valence-electron chi connectivity index (χ1n) is 6.32. The molecule has 2 nitrogen and oxygen atoms in total. The minimum Gasteiger partial charge on any atom is -0.297 e. The minimum atomic E-state index is 0.111. The van der Waals surface area contributed by atoms with Gasteiger partial charge in [-0.1, -0.05) is 18.2 Å². The Labute approximate surface area is 123 Å². The van der Waals surface area contributed by atoms with E-state index in [1.165, 1.54) is 9.13 Å². The number of hydrogen-bond acceptors (Lipinski definition) is 2. The molecular weight excluding hydrogens is 335 g/mol. The van der Waals surface area contributed by atoms with E-state index >= 15 is 0 Å². The van der Waals surface area contributed by atoms with E-state index in [0.717, 1.165) is 13.1 Å². The first kappa shape index (κ1) is 13.8. The van der Waals surface area contributed by atoms with Crippen molar-refractivity contribution in [1.29, 1.82) is 5.26 Å². The van der Waals surface area contributed by atoms with E-state index in [2.05, 4.69) is 78.6 Å². The molecule has 18 heavy (non-hydrogen) atoms.